The number of rotatable bonds is 4. The summed E-state index contributed by atoms with van der Waals surface area (Å²) >= 11 is 0. The highest BCUT2D eigenvalue weighted by atomic mass is 19.4. The minimum Gasteiger partial charge on any atom is -0.493 e. The minimum atomic E-state index is -4.79. The van der Waals surface area contributed by atoms with Gasteiger partial charge in [0.05, 0.1) is 18.1 Å². The van der Waals surface area contributed by atoms with Gasteiger partial charge in [-0.3, -0.25) is 0 Å². The molecular formula is C29H29F5N4O4. The van der Waals surface area contributed by atoms with Crippen molar-refractivity contribution < 1.29 is 41.0 Å². The monoisotopic (exact) mass is 592 g/mol. The first kappa shape index (κ1) is 29.5. The molecule has 3 heterocycles. The van der Waals surface area contributed by atoms with Crippen LogP contribution in [0.1, 0.15) is 58.0 Å². The van der Waals surface area contributed by atoms with Crippen LogP contribution in [-0.2, 0) is 9.47 Å². The SMILES string of the molecule is COc1c([C@H]2[C@H](c3nc4ccc(-c5nccn5C(=O)OC(C)(C)C)cc4[nH]3)O[C@@](C)(C(F)(F)F)[C@H]2C)ccc(F)c1F. The van der Waals surface area contributed by atoms with Gasteiger partial charge in [-0.1, -0.05) is 13.0 Å². The van der Waals surface area contributed by atoms with E-state index in [0.717, 1.165) is 20.1 Å². The molecule has 1 aliphatic heterocycles. The predicted molar refractivity (Wildman–Crippen MR) is 142 cm³/mol. The van der Waals surface area contributed by atoms with Gasteiger partial charge in [0.15, 0.2) is 17.2 Å². The Bertz CT molecular complexity index is 1660. The Balaban J connectivity index is 1.59. The van der Waals surface area contributed by atoms with Crippen LogP contribution in [-0.4, -0.2) is 50.1 Å². The highest BCUT2D eigenvalue weighted by Crippen LogP contribution is 2.59. The third-order valence-corrected chi connectivity index (χ3v) is 7.57. The maximum Gasteiger partial charge on any atom is 0.420 e. The zero-order chi connectivity index (χ0) is 30.8. The molecule has 42 heavy (non-hydrogen) atoms. The van der Waals surface area contributed by atoms with Crippen molar-refractivity contribution in [2.75, 3.05) is 7.11 Å². The lowest BCUT2D eigenvalue weighted by molar-refractivity contribution is -0.275. The Labute approximate surface area is 237 Å². The molecule has 4 atom stereocenters. The van der Waals surface area contributed by atoms with E-state index >= 15 is 0 Å². The van der Waals surface area contributed by atoms with Gasteiger partial charge >= 0.3 is 12.3 Å². The molecule has 0 amide bonds. The molecule has 2 aromatic carbocycles. The van der Waals surface area contributed by atoms with E-state index < -0.39 is 58.8 Å². The number of nitrogens with one attached hydrogen (secondary N) is 1. The van der Waals surface area contributed by atoms with Crippen molar-refractivity contribution in [1.82, 2.24) is 19.5 Å². The molecule has 224 valence electrons. The number of halogens is 5. The number of carbonyl (C=O) groups is 1. The van der Waals surface area contributed by atoms with E-state index in [2.05, 4.69) is 15.0 Å². The van der Waals surface area contributed by atoms with E-state index in [1.165, 1.54) is 30.0 Å². The summed E-state index contributed by atoms with van der Waals surface area (Å²) in [7, 11) is 1.11. The quantitative estimate of drug-likeness (QED) is 0.250. The third kappa shape index (κ3) is 4.89. The first-order valence-electron chi connectivity index (χ1n) is 13.1. The Morgan fingerprint density at radius 1 is 1.14 bits per heavy atom. The first-order valence-corrected chi connectivity index (χ1v) is 13.1. The van der Waals surface area contributed by atoms with E-state index in [4.69, 9.17) is 14.2 Å². The second-order valence-electron chi connectivity index (χ2n) is 11.4. The Kier molecular flexibility index (Phi) is 7.07. The topological polar surface area (TPSA) is 91.3 Å². The highest BCUT2D eigenvalue weighted by molar-refractivity contribution is 5.83. The van der Waals surface area contributed by atoms with Gasteiger partial charge in [0, 0.05) is 35.4 Å². The molecule has 13 heteroatoms. The molecule has 2 aromatic heterocycles. The van der Waals surface area contributed by atoms with Crippen LogP contribution < -0.4 is 4.74 Å². The number of hydrogen-bond acceptors (Lipinski definition) is 6. The summed E-state index contributed by atoms with van der Waals surface area (Å²) in [5.74, 6) is -5.04. The lowest BCUT2D eigenvalue weighted by Gasteiger charge is -2.32. The van der Waals surface area contributed by atoms with Gasteiger partial charge in [-0.2, -0.15) is 17.6 Å². The number of H-pyrrole nitrogens is 1. The number of benzene rings is 2. The average molecular weight is 593 g/mol. The van der Waals surface area contributed by atoms with Crippen molar-refractivity contribution >= 4 is 17.1 Å². The van der Waals surface area contributed by atoms with Crippen LogP contribution in [0.2, 0.25) is 0 Å². The van der Waals surface area contributed by atoms with Crippen molar-refractivity contribution in [2.45, 2.75) is 64.0 Å². The maximum atomic E-state index is 14.7. The third-order valence-electron chi connectivity index (χ3n) is 7.57. The Morgan fingerprint density at radius 2 is 1.86 bits per heavy atom. The number of aromatic nitrogens is 4. The number of fused-ring (bicyclic) bond motifs is 1. The van der Waals surface area contributed by atoms with E-state index in [9.17, 15) is 26.7 Å². The van der Waals surface area contributed by atoms with Gasteiger partial charge in [0.25, 0.3) is 0 Å². The second-order valence-corrected chi connectivity index (χ2v) is 11.4. The molecule has 1 saturated heterocycles. The number of nitrogens with zero attached hydrogens (tertiary/aromatic N) is 3. The van der Waals surface area contributed by atoms with Crippen LogP contribution in [0.5, 0.6) is 5.75 Å². The summed E-state index contributed by atoms with van der Waals surface area (Å²) in [6.07, 6.45) is -3.86. The standard InChI is InChI=1S/C29H29F5N4O4/c1-14-20(16-8-9-17(30)21(31)22(16)40-6)23(41-28(14,5)29(32,33)34)24-36-18-10-7-15(13-19(18)37-24)25-35-11-12-38(25)26(39)42-27(2,3)4/h7-14,20,23H,1-6H3,(H,36,37)/t14-,20-,23+,28+/m0/s1. The van der Waals surface area contributed by atoms with Gasteiger partial charge in [0.2, 0.25) is 5.82 Å². The van der Waals surface area contributed by atoms with Crippen LogP contribution >= 0.6 is 0 Å². The molecule has 8 nitrogen and oxygen atoms in total. The summed E-state index contributed by atoms with van der Waals surface area (Å²) < 4.78 is 89.3. The molecule has 1 N–H and O–H groups in total. The lowest BCUT2D eigenvalue weighted by Crippen LogP contribution is -2.46. The summed E-state index contributed by atoms with van der Waals surface area (Å²) in [4.78, 5) is 24.5. The number of methoxy groups -OCH3 is 1. The van der Waals surface area contributed by atoms with Gasteiger partial charge in [-0.15, -0.1) is 0 Å². The summed E-state index contributed by atoms with van der Waals surface area (Å²) in [5, 5.41) is 0. The maximum absolute atomic E-state index is 14.7. The van der Waals surface area contributed by atoms with Gasteiger partial charge in [-0.25, -0.2) is 23.7 Å². The van der Waals surface area contributed by atoms with Crippen molar-refractivity contribution in [1.29, 1.82) is 0 Å². The first-order chi connectivity index (χ1) is 19.6. The summed E-state index contributed by atoms with van der Waals surface area (Å²) in [5.41, 5.74) is -2.03. The molecule has 0 spiro atoms. The summed E-state index contributed by atoms with van der Waals surface area (Å²) in [6, 6.07) is 6.97. The van der Waals surface area contributed by atoms with Crippen molar-refractivity contribution in [2.24, 2.45) is 5.92 Å². The van der Waals surface area contributed by atoms with E-state index in [0.29, 0.717) is 16.6 Å². The number of ether oxygens (including phenoxy) is 3. The minimum absolute atomic E-state index is 0.0161. The Hall–Kier alpha value is -4.00. The molecule has 4 aromatic rings. The highest BCUT2D eigenvalue weighted by Gasteiger charge is 2.65. The van der Waals surface area contributed by atoms with Crippen LogP contribution in [0, 0.1) is 17.6 Å². The van der Waals surface area contributed by atoms with E-state index in [-0.39, 0.29) is 17.2 Å². The smallest absolute Gasteiger partial charge is 0.420 e. The zero-order valence-electron chi connectivity index (χ0n) is 23.6. The molecule has 0 bridgehead atoms. The number of alkyl halides is 3. The van der Waals surface area contributed by atoms with Crippen LogP contribution in [0.15, 0.2) is 42.7 Å². The lowest BCUT2D eigenvalue weighted by atomic mass is 9.77. The van der Waals surface area contributed by atoms with Crippen LogP contribution in [0.3, 0.4) is 0 Å². The fourth-order valence-electron chi connectivity index (χ4n) is 5.33. The van der Waals surface area contributed by atoms with Crippen molar-refractivity contribution in [3.05, 3.63) is 65.7 Å². The normalized spacial score (nSPS) is 23.0. The van der Waals surface area contributed by atoms with Crippen LogP contribution in [0.4, 0.5) is 26.7 Å². The summed E-state index contributed by atoms with van der Waals surface area (Å²) in [6.45, 7) is 7.47. The van der Waals surface area contributed by atoms with Gasteiger partial charge < -0.3 is 19.2 Å². The molecular weight excluding hydrogens is 563 g/mol. The molecule has 0 unspecified atom stereocenters. The van der Waals surface area contributed by atoms with E-state index in [1.54, 1.807) is 39.0 Å². The molecule has 0 aliphatic carbocycles. The molecule has 1 aliphatic rings. The molecule has 5 rings (SSSR count). The fraction of sp³-hybridized carbons (Fsp3) is 0.414. The average Bonchev–Trinajstić information content (AvgIpc) is 3.61. The largest absolute Gasteiger partial charge is 0.493 e. The Morgan fingerprint density at radius 3 is 2.50 bits per heavy atom. The fourth-order valence-corrected chi connectivity index (χ4v) is 5.33. The van der Waals surface area contributed by atoms with E-state index in [1.807, 2.05) is 0 Å². The predicted octanol–water partition coefficient (Wildman–Crippen LogP) is 7.31. The molecule has 0 radical (unpaired) electrons. The number of imidazole rings is 2. The number of hydrogen-bond donors (Lipinski definition) is 1. The zero-order valence-corrected chi connectivity index (χ0v) is 23.6. The number of carbonyl (C=O) groups excluding carboxylic acids is 1. The van der Waals surface area contributed by atoms with Gasteiger partial charge in [-0.05, 0) is 52.0 Å². The second kappa shape index (κ2) is 10.1. The van der Waals surface area contributed by atoms with Crippen molar-refractivity contribution in [3.8, 4) is 17.1 Å². The van der Waals surface area contributed by atoms with Crippen LogP contribution in [0.25, 0.3) is 22.4 Å². The van der Waals surface area contributed by atoms with Gasteiger partial charge in [0.1, 0.15) is 23.4 Å². The number of aromatic amines is 1. The molecule has 1 fully saturated rings. The van der Waals surface area contributed by atoms with Crippen molar-refractivity contribution in [3.63, 3.8) is 0 Å². The molecule has 0 saturated carbocycles.